The van der Waals surface area contributed by atoms with Gasteiger partial charge in [-0.25, -0.2) is 4.98 Å². The molecule has 20 heavy (non-hydrogen) atoms. The maximum atomic E-state index is 4.43. The van der Waals surface area contributed by atoms with E-state index in [0.29, 0.717) is 17.4 Å². The number of anilines is 3. The summed E-state index contributed by atoms with van der Waals surface area (Å²) in [6, 6.07) is 6.21. The summed E-state index contributed by atoms with van der Waals surface area (Å²) in [5, 5.41) is 6.25. The molecule has 0 unspecified atom stereocenters. The summed E-state index contributed by atoms with van der Waals surface area (Å²) >= 11 is 0. The van der Waals surface area contributed by atoms with E-state index in [4.69, 9.17) is 0 Å². The van der Waals surface area contributed by atoms with Gasteiger partial charge in [0, 0.05) is 12.7 Å². The first kappa shape index (κ1) is 12.4. The van der Waals surface area contributed by atoms with Gasteiger partial charge in [-0.05, 0) is 37.1 Å². The minimum atomic E-state index is 0.538. The van der Waals surface area contributed by atoms with Crippen LogP contribution >= 0.6 is 0 Å². The first-order valence-corrected chi connectivity index (χ1v) is 6.40. The Morgan fingerprint density at radius 2 is 1.95 bits per heavy atom. The number of imidazole rings is 1. The number of H-pyrrole nitrogens is 1. The molecule has 0 aliphatic carbocycles. The van der Waals surface area contributed by atoms with Crippen LogP contribution in [-0.4, -0.2) is 27.0 Å². The number of hydrogen-bond acceptors (Lipinski definition) is 5. The molecule has 0 aliphatic rings. The number of hydrogen-bond donors (Lipinski definition) is 3. The Balaban J connectivity index is 2.04. The summed E-state index contributed by atoms with van der Waals surface area (Å²) < 4.78 is 0. The molecule has 0 bridgehead atoms. The van der Waals surface area contributed by atoms with Gasteiger partial charge in [-0.1, -0.05) is 6.07 Å². The largest absolute Gasteiger partial charge is 0.357 e. The van der Waals surface area contributed by atoms with Crippen LogP contribution in [0.25, 0.3) is 11.2 Å². The average molecular weight is 268 g/mol. The Hall–Kier alpha value is -2.63. The summed E-state index contributed by atoms with van der Waals surface area (Å²) in [5.74, 6) is 1.25. The van der Waals surface area contributed by atoms with Crippen LogP contribution in [0.4, 0.5) is 17.5 Å². The lowest BCUT2D eigenvalue weighted by Crippen LogP contribution is -2.02. The van der Waals surface area contributed by atoms with E-state index < -0.39 is 0 Å². The van der Waals surface area contributed by atoms with E-state index in [-0.39, 0.29) is 0 Å². The van der Waals surface area contributed by atoms with Crippen LogP contribution in [-0.2, 0) is 0 Å². The second-order valence-corrected chi connectivity index (χ2v) is 4.67. The topological polar surface area (TPSA) is 78.5 Å². The van der Waals surface area contributed by atoms with Crippen molar-refractivity contribution in [3.63, 3.8) is 0 Å². The molecule has 0 aliphatic heterocycles. The SMILES string of the molecule is CNc1nc(Nc2ccc(C)c(C)c2)c2[nH]cnc2n1. The lowest BCUT2D eigenvalue weighted by molar-refractivity contribution is 1.18. The van der Waals surface area contributed by atoms with E-state index in [1.807, 2.05) is 6.07 Å². The van der Waals surface area contributed by atoms with E-state index in [0.717, 1.165) is 11.2 Å². The molecule has 2 heterocycles. The predicted molar refractivity (Wildman–Crippen MR) is 80.4 cm³/mol. The fourth-order valence-electron chi connectivity index (χ4n) is 1.99. The lowest BCUT2D eigenvalue weighted by atomic mass is 10.1. The van der Waals surface area contributed by atoms with Crippen molar-refractivity contribution in [1.82, 2.24) is 19.9 Å². The summed E-state index contributed by atoms with van der Waals surface area (Å²) in [7, 11) is 1.79. The zero-order valence-electron chi connectivity index (χ0n) is 11.7. The average Bonchev–Trinajstić information content (AvgIpc) is 2.91. The highest BCUT2D eigenvalue weighted by Crippen LogP contribution is 2.23. The summed E-state index contributed by atoms with van der Waals surface area (Å²) in [6.45, 7) is 4.18. The fraction of sp³-hybridized carbons (Fsp3) is 0.214. The van der Waals surface area contributed by atoms with Gasteiger partial charge in [0.15, 0.2) is 11.5 Å². The molecule has 0 fully saturated rings. The van der Waals surface area contributed by atoms with Crippen LogP contribution < -0.4 is 10.6 Å². The number of aromatic amines is 1. The number of rotatable bonds is 3. The minimum Gasteiger partial charge on any atom is -0.357 e. The van der Waals surface area contributed by atoms with Crippen LogP contribution in [0.15, 0.2) is 24.5 Å². The Labute approximate surface area is 116 Å². The molecule has 0 radical (unpaired) electrons. The first-order valence-electron chi connectivity index (χ1n) is 6.40. The summed E-state index contributed by atoms with van der Waals surface area (Å²) in [5.41, 5.74) is 4.92. The molecule has 6 heteroatoms. The molecule has 0 spiro atoms. The van der Waals surface area contributed by atoms with Crippen molar-refractivity contribution in [3.8, 4) is 0 Å². The summed E-state index contributed by atoms with van der Waals surface area (Å²) in [6.07, 6.45) is 1.62. The number of aromatic nitrogens is 4. The van der Waals surface area contributed by atoms with Gasteiger partial charge >= 0.3 is 0 Å². The molecule has 3 aromatic rings. The highest BCUT2D eigenvalue weighted by Gasteiger charge is 2.09. The maximum Gasteiger partial charge on any atom is 0.226 e. The monoisotopic (exact) mass is 268 g/mol. The van der Waals surface area contributed by atoms with Gasteiger partial charge in [-0.2, -0.15) is 9.97 Å². The van der Waals surface area contributed by atoms with Crippen molar-refractivity contribution < 1.29 is 0 Å². The maximum absolute atomic E-state index is 4.43. The van der Waals surface area contributed by atoms with E-state index in [1.54, 1.807) is 13.4 Å². The van der Waals surface area contributed by atoms with Crippen molar-refractivity contribution in [2.75, 3.05) is 17.7 Å². The van der Waals surface area contributed by atoms with Gasteiger partial charge in [-0.3, -0.25) is 0 Å². The van der Waals surface area contributed by atoms with Crippen molar-refractivity contribution in [2.45, 2.75) is 13.8 Å². The molecule has 3 N–H and O–H groups in total. The highest BCUT2D eigenvalue weighted by molar-refractivity contribution is 5.86. The Morgan fingerprint density at radius 3 is 2.70 bits per heavy atom. The highest BCUT2D eigenvalue weighted by atomic mass is 15.2. The number of fused-ring (bicyclic) bond motifs is 1. The Kier molecular flexibility index (Phi) is 2.98. The van der Waals surface area contributed by atoms with Crippen LogP contribution in [0.3, 0.4) is 0 Å². The zero-order valence-corrected chi connectivity index (χ0v) is 11.7. The number of nitrogens with zero attached hydrogens (tertiary/aromatic N) is 3. The van der Waals surface area contributed by atoms with E-state index >= 15 is 0 Å². The molecule has 3 rings (SSSR count). The van der Waals surface area contributed by atoms with E-state index in [2.05, 4.69) is 56.5 Å². The predicted octanol–water partition coefficient (Wildman–Crippen LogP) is 2.76. The van der Waals surface area contributed by atoms with Crippen molar-refractivity contribution in [3.05, 3.63) is 35.7 Å². The molecule has 0 amide bonds. The third kappa shape index (κ3) is 2.16. The quantitative estimate of drug-likeness (QED) is 0.680. The first-order chi connectivity index (χ1) is 9.67. The number of benzene rings is 1. The van der Waals surface area contributed by atoms with E-state index in [9.17, 15) is 0 Å². The second kappa shape index (κ2) is 4.80. The molecule has 0 saturated carbocycles. The van der Waals surface area contributed by atoms with Gasteiger partial charge in [0.1, 0.15) is 5.52 Å². The van der Waals surface area contributed by atoms with Crippen LogP contribution in [0.5, 0.6) is 0 Å². The van der Waals surface area contributed by atoms with Gasteiger partial charge in [0.25, 0.3) is 0 Å². The zero-order chi connectivity index (χ0) is 14.1. The molecular formula is C14H16N6. The summed E-state index contributed by atoms with van der Waals surface area (Å²) in [4.78, 5) is 16.0. The molecule has 0 atom stereocenters. The molecule has 102 valence electrons. The van der Waals surface area contributed by atoms with Gasteiger partial charge in [-0.15, -0.1) is 0 Å². The fourth-order valence-corrected chi connectivity index (χ4v) is 1.99. The smallest absolute Gasteiger partial charge is 0.226 e. The third-order valence-corrected chi connectivity index (χ3v) is 3.28. The molecular weight excluding hydrogens is 252 g/mol. The molecule has 1 aromatic carbocycles. The molecule has 6 nitrogen and oxygen atoms in total. The Bertz CT molecular complexity index is 761. The third-order valence-electron chi connectivity index (χ3n) is 3.28. The number of aryl methyl sites for hydroxylation is 2. The Morgan fingerprint density at radius 1 is 1.10 bits per heavy atom. The lowest BCUT2D eigenvalue weighted by Gasteiger charge is -2.09. The number of nitrogens with one attached hydrogen (secondary N) is 3. The second-order valence-electron chi connectivity index (χ2n) is 4.67. The van der Waals surface area contributed by atoms with Crippen LogP contribution in [0.1, 0.15) is 11.1 Å². The van der Waals surface area contributed by atoms with Crippen molar-refractivity contribution in [1.29, 1.82) is 0 Å². The van der Waals surface area contributed by atoms with Crippen molar-refractivity contribution in [2.24, 2.45) is 0 Å². The van der Waals surface area contributed by atoms with Crippen LogP contribution in [0.2, 0.25) is 0 Å². The van der Waals surface area contributed by atoms with Gasteiger partial charge in [0.2, 0.25) is 5.95 Å². The van der Waals surface area contributed by atoms with Crippen molar-refractivity contribution >= 4 is 28.6 Å². The normalized spacial score (nSPS) is 10.8. The van der Waals surface area contributed by atoms with Gasteiger partial charge < -0.3 is 15.6 Å². The molecule has 2 aromatic heterocycles. The van der Waals surface area contributed by atoms with Crippen LogP contribution in [0, 0.1) is 13.8 Å². The molecule has 0 saturated heterocycles. The van der Waals surface area contributed by atoms with Gasteiger partial charge in [0.05, 0.1) is 6.33 Å². The van der Waals surface area contributed by atoms with E-state index in [1.165, 1.54) is 11.1 Å². The minimum absolute atomic E-state index is 0.538. The standard InChI is InChI=1S/C14H16N6/c1-8-4-5-10(6-9(8)2)18-13-11-12(17-7-16-11)19-14(15-3)20-13/h4-7H,1-3H3,(H3,15,16,17,18,19,20).